The van der Waals surface area contributed by atoms with Crippen molar-refractivity contribution in [3.63, 3.8) is 0 Å². The van der Waals surface area contributed by atoms with Gasteiger partial charge in [0.15, 0.2) is 0 Å². The predicted octanol–water partition coefficient (Wildman–Crippen LogP) is 10.6. The largest absolute Gasteiger partial charge is 0.550 e. The fraction of sp³-hybridized carbons (Fsp3) is 0.644. The summed E-state index contributed by atoms with van der Waals surface area (Å²) in [6.45, 7) is 14.3. The number of rotatable bonds is 26. The van der Waals surface area contributed by atoms with Crippen molar-refractivity contribution >= 4 is 22.6 Å². The van der Waals surface area contributed by atoms with Gasteiger partial charge in [-0.05, 0) is 68.2 Å². The number of anilines is 1. The number of carbonyl (C=O) groups is 1. The highest BCUT2D eigenvalue weighted by molar-refractivity contribution is 5.90. The molecule has 2 aliphatic rings. The van der Waals surface area contributed by atoms with E-state index < -0.39 is 11.9 Å². The van der Waals surface area contributed by atoms with Crippen LogP contribution in [0.2, 0.25) is 0 Å². The molecule has 5 heteroatoms. The van der Waals surface area contributed by atoms with Gasteiger partial charge in [-0.3, -0.25) is 0 Å². The normalized spacial score (nSPS) is 13.2. The maximum Gasteiger partial charge on any atom is 0.203 e. The van der Waals surface area contributed by atoms with Crippen molar-refractivity contribution in [3.8, 4) is 11.3 Å². The van der Waals surface area contributed by atoms with Gasteiger partial charge in [0, 0.05) is 60.2 Å². The van der Waals surface area contributed by atoms with Crippen LogP contribution in [0.3, 0.4) is 0 Å². The number of hydrogen-bond donors (Lipinski definition) is 0. The first-order valence-corrected chi connectivity index (χ1v) is 20.4. The quantitative estimate of drug-likeness (QED) is 0.0365. The second-order valence-electron chi connectivity index (χ2n) is 15.1. The molecule has 0 aromatic heterocycles. The molecule has 0 spiro atoms. The third kappa shape index (κ3) is 13.9. The van der Waals surface area contributed by atoms with Crippen LogP contribution in [-0.4, -0.2) is 32.7 Å². The Morgan fingerprint density at radius 1 is 0.820 bits per heavy atom. The van der Waals surface area contributed by atoms with E-state index in [0.29, 0.717) is 12.8 Å². The van der Waals surface area contributed by atoms with Gasteiger partial charge in [-0.2, -0.15) is 0 Å². The van der Waals surface area contributed by atoms with Gasteiger partial charge in [0.25, 0.3) is 0 Å². The topological polar surface area (TPSA) is 59.5 Å². The van der Waals surface area contributed by atoms with Crippen LogP contribution in [-0.2, 0) is 11.2 Å². The second-order valence-corrected chi connectivity index (χ2v) is 15.1. The number of nitrogens with zero attached hydrogens (tertiary/aromatic N) is 2. The van der Waals surface area contributed by atoms with Crippen LogP contribution in [0.1, 0.15) is 149 Å². The summed E-state index contributed by atoms with van der Waals surface area (Å²) in [5, 5.41) is 14.7. The number of carboxylic acid groups (broad SMARTS) is 1. The highest BCUT2D eigenvalue weighted by Crippen LogP contribution is 2.36. The Labute approximate surface area is 305 Å². The molecule has 0 N–H and O–H groups in total. The Morgan fingerprint density at radius 3 is 2.12 bits per heavy atom. The zero-order valence-corrected chi connectivity index (χ0v) is 32.7. The van der Waals surface area contributed by atoms with Crippen molar-refractivity contribution in [2.45, 2.75) is 150 Å². The molecule has 1 aliphatic heterocycles. The average molecular weight is 687 g/mol. The number of benzene rings is 2. The average Bonchev–Trinajstić information content (AvgIpc) is 3.10. The third-order valence-electron chi connectivity index (χ3n) is 10.3. The van der Waals surface area contributed by atoms with Gasteiger partial charge in [-0.15, -0.1) is 0 Å². The fourth-order valence-corrected chi connectivity index (χ4v) is 6.96. The summed E-state index contributed by atoms with van der Waals surface area (Å²) < 4.78 is 8.96. The van der Waals surface area contributed by atoms with E-state index in [1.807, 2.05) is 0 Å². The van der Waals surface area contributed by atoms with Gasteiger partial charge >= 0.3 is 0 Å². The summed E-state index contributed by atoms with van der Waals surface area (Å²) in [7, 11) is 2.13. The zero-order chi connectivity index (χ0) is 36.1. The number of aliphatic carboxylic acids is 1. The second kappa shape index (κ2) is 23.4. The number of carbonyl (C=O) groups excluding carboxylic acids is 1. The van der Waals surface area contributed by atoms with Crippen molar-refractivity contribution in [1.82, 2.24) is 4.58 Å². The SMILES string of the molecule is CCCCN(CCCC)c1ccc2c(CC(C/C=C/CCCCCCCCCCC(C)C)C(=O)[O-])c3ccc(=[N+](C)CCCC)cc-3oc2c1. The van der Waals surface area contributed by atoms with Crippen LogP contribution in [0.5, 0.6) is 0 Å². The molecule has 0 fully saturated rings. The van der Waals surface area contributed by atoms with Crippen LogP contribution >= 0.6 is 0 Å². The van der Waals surface area contributed by atoms with Crippen molar-refractivity contribution in [2.24, 2.45) is 11.8 Å². The summed E-state index contributed by atoms with van der Waals surface area (Å²) >= 11 is 0. The number of allylic oxidation sites excluding steroid dienone is 2. The molecule has 1 unspecified atom stereocenters. The standard InChI is InChI=1S/C45H70N2O3/c1-7-10-30-46(6)38-26-28-40-42(33-37(45(48)49)25-23-21-19-17-15-13-14-16-18-20-22-24-36(4)5)41-29-27-39(35-44(41)50-43(40)34-38)47(31-11-8-2)32-12-9-3/h21,23,26-29,34-37H,7-20,22,24-25,30-33H2,1-6H3/b23-21+. The monoisotopic (exact) mass is 687 g/mol. The number of hydrogen-bond acceptors (Lipinski definition) is 4. The molecule has 1 aliphatic carbocycles. The Kier molecular flexibility index (Phi) is 19.4. The third-order valence-corrected chi connectivity index (χ3v) is 10.3. The Bertz CT molecular complexity index is 1460. The first-order valence-electron chi connectivity index (χ1n) is 20.4. The van der Waals surface area contributed by atoms with E-state index in [2.05, 4.69) is 99.7 Å². The van der Waals surface area contributed by atoms with Gasteiger partial charge in [0.05, 0.1) is 6.07 Å². The minimum absolute atomic E-state index is 0.410. The van der Waals surface area contributed by atoms with Crippen molar-refractivity contribution in [3.05, 3.63) is 59.5 Å². The molecule has 1 atom stereocenters. The van der Waals surface area contributed by atoms with Gasteiger partial charge in [0.1, 0.15) is 24.9 Å². The summed E-state index contributed by atoms with van der Waals surface area (Å²) in [4.78, 5) is 15.0. The Morgan fingerprint density at radius 2 is 1.48 bits per heavy atom. The first kappa shape index (κ1) is 41.3. The predicted molar refractivity (Wildman–Crippen MR) is 213 cm³/mol. The lowest BCUT2D eigenvalue weighted by molar-refractivity contribution is -0.311. The zero-order valence-electron chi connectivity index (χ0n) is 32.7. The molecule has 0 saturated carbocycles. The number of unbranched alkanes of at least 4 members (excludes halogenated alkanes) is 11. The van der Waals surface area contributed by atoms with Crippen LogP contribution in [0.25, 0.3) is 22.3 Å². The summed E-state index contributed by atoms with van der Waals surface area (Å²) in [6.07, 6.45) is 24.9. The minimum atomic E-state index is -0.983. The van der Waals surface area contributed by atoms with E-state index in [9.17, 15) is 9.90 Å². The molecular formula is C45H70N2O3. The molecule has 3 rings (SSSR count). The van der Waals surface area contributed by atoms with E-state index in [1.165, 1.54) is 63.5 Å². The maximum absolute atomic E-state index is 12.5. The summed E-state index contributed by atoms with van der Waals surface area (Å²) in [5.41, 5.74) is 4.02. The molecule has 0 bridgehead atoms. The highest BCUT2D eigenvalue weighted by Gasteiger charge is 2.21. The number of fused-ring (bicyclic) bond motifs is 2. The minimum Gasteiger partial charge on any atom is -0.550 e. The highest BCUT2D eigenvalue weighted by atomic mass is 16.4. The molecule has 1 aromatic rings. The summed E-state index contributed by atoms with van der Waals surface area (Å²) in [6, 6.07) is 12.9. The smallest absolute Gasteiger partial charge is 0.203 e. The van der Waals surface area contributed by atoms with E-state index in [4.69, 9.17) is 4.42 Å². The van der Waals surface area contributed by atoms with Crippen molar-refractivity contribution in [2.75, 3.05) is 31.6 Å². The number of carboxylic acids is 1. The van der Waals surface area contributed by atoms with E-state index in [1.54, 1.807) is 0 Å². The lowest BCUT2D eigenvalue weighted by Crippen LogP contribution is -2.32. The van der Waals surface area contributed by atoms with Crippen LogP contribution in [0.4, 0.5) is 5.69 Å². The van der Waals surface area contributed by atoms with Crippen LogP contribution in [0.15, 0.2) is 53.0 Å². The Balaban J connectivity index is 1.78. The molecular weight excluding hydrogens is 617 g/mol. The molecule has 50 heavy (non-hydrogen) atoms. The molecule has 0 amide bonds. The van der Waals surface area contributed by atoms with E-state index in [0.717, 1.165) is 104 Å². The molecule has 0 saturated heterocycles. The molecule has 278 valence electrons. The van der Waals surface area contributed by atoms with Crippen molar-refractivity contribution in [1.29, 1.82) is 0 Å². The lowest BCUT2D eigenvalue weighted by Gasteiger charge is -2.26. The van der Waals surface area contributed by atoms with Crippen molar-refractivity contribution < 1.29 is 14.3 Å². The van der Waals surface area contributed by atoms with Gasteiger partial charge in [-0.1, -0.05) is 117 Å². The van der Waals surface area contributed by atoms with Gasteiger partial charge < -0.3 is 19.2 Å². The summed E-state index contributed by atoms with van der Waals surface area (Å²) in [5.74, 6) is 0.0451. The van der Waals surface area contributed by atoms with Gasteiger partial charge in [-0.25, -0.2) is 4.58 Å². The van der Waals surface area contributed by atoms with Crippen LogP contribution in [0, 0.1) is 11.8 Å². The fourth-order valence-electron chi connectivity index (χ4n) is 6.96. The lowest BCUT2D eigenvalue weighted by atomic mass is 9.89. The first-order chi connectivity index (χ1) is 24.3. The molecule has 0 radical (unpaired) electrons. The van der Waals surface area contributed by atoms with E-state index >= 15 is 0 Å². The maximum atomic E-state index is 12.5. The van der Waals surface area contributed by atoms with Gasteiger partial charge in [0.2, 0.25) is 5.36 Å². The molecule has 1 aromatic carbocycles. The van der Waals surface area contributed by atoms with E-state index in [-0.39, 0.29) is 0 Å². The van der Waals surface area contributed by atoms with Crippen LogP contribution < -0.4 is 19.9 Å². The Hall–Kier alpha value is -3.08. The molecule has 5 nitrogen and oxygen atoms in total. The molecule has 1 heterocycles.